The number of aliphatic hydroxyl groups is 1. The number of nitrogens with zero attached hydrogens (tertiary/aromatic N) is 3. The van der Waals surface area contributed by atoms with Gasteiger partial charge in [0, 0.05) is 50.2 Å². The van der Waals surface area contributed by atoms with Gasteiger partial charge >= 0.3 is 0 Å². The maximum absolute atomic E-state index is 10.8. The Morgan fingerprint density at radius 1 is 0.968 bits per heavy atom. The minimum Gasteiger partial charge on any atom is -0.492 e. The molecular weight excluding hydrogens is 386 g/mol. The molecule has 5 heteroatoms. The first-order chi connectivity index (χ1) is 15.3. The van der Waals surface area contributed by atoms with E-state index in [4.69, 9.17) is 4.74 Å². The van der Waals surface area contributed by atoms with Gasteiger partial charge in [-0.3, -0.25) is 9.88 Å². The molecule has 1 fully saturated rings. The van der Waals surface area contributed by atoms with Crippen LogP contribution in [0, 0.1) is 0 Å². The molecule has 5 rings (SSSR count). The van der Waals surface area contributed by atoms with Crippen LogP contribution in [0.25, 0.3) is 0 Å². The van der Waals surface area contributed by atoms with Crippen LogP contribution in [0.1, 0.15) is 41.3 Å². The Morgan fingerprint density at radius 3 is 2.58 bits per heavy atom. The Hall–Kier alpha value is -2.89. The maximum Gasteiger partial charge on any atom is 0.123 e. The fourth-order valence-electron chi connectivity index (χ4n) is 4.53. The summed E-state index contributed by atoms with van der Waals surface area (Å²) in [5.41, 5.74) is 5.26. The quantitative estimate of drug-likeness (QED) is 0.678. The molecular formula is C26H29N3O2. The van der Waals surface area contributed by atoms with E-state index >= 15 is 0 Å². The van der Waals surface area contributed by atoms with E-state index in [1.807, 2.05) is 30.3 Å². The molecule has 5 nitrogen and oxygen atoms in total. The third kappa shape index (κ3) is 4.58. The normalized spacial score (nSPS) is 17.6. The molecule has 1 aromatic heterocycles. The van der Waals surface area contributed by atoms with Gasteiger partial charge in [0.15, 0.2) is 0 Å². The van der Waals surface area contributed by atoms with Gasteiger partial charge in [-0.05, 0) is 60.4 Å². The van der Waals surface area contributed by atoms with Crippen molar-refractivity contribution >= 4 is 5.69 Å². The van der Waals surface area contributed by atoms with Crippen LogP contribution in [0.5, 0.6) is 5.75 Å². The van der Waals surface area contributed by atoms with E-state index in [-0.39, 0.29) is 0 Å². The van der Waals surface area contributed by atoms with Gasteiger partial charge in [-0.2, -0.15) is 0 Å². The lowest BCUT2D eigenvalue weighted by atomic mass is 10.0. The molecule has 0 spiro atoms. The van der Waals surface area contributed by atoms with Gasteiger partial charge in [0.2, 0.25) is 0 Å². The van der Waals surface area contributed by atoms with Gasteiger partial charge in [0.1, 0.15) is 18.5 Å². The molecule has 0 saturated carbocycles. The van der Waals surface area contributed by atoms with Crippen molar-refractivity contribution in [1.29, 1.82) is 0 Å². The molecule has 3 heterocycles. The standard InChI is InChI=1S/C26H29N3O2/c30-26(24-5-1-2-12-27-24)21-8-11-25-22(17-21)19-28(15-16-31-25)18-20-6-9-23(10-7-20)29-13-3-4-14-29/h1-2,5-12,17,26,30H,3-4,13-16,18-19H2/t26-/m1/s1. The number of ether oxygens (including phenoxy) is 1. The van der Waals surface area contributed by atoms with E-state index in [2.05, 4.69) is 45.1 Å². The van der Waals surface area contributed by atoms with Gasteiger partial charge in [0.05, 0.1) is 5.69 Å². The summed E-state index contributed by atoms with van der Waals surface area (Å²) in [5.74, 6) is 0.906. The SMILES string of the molecule is O[C@H](c1ccc2c(c1)CN(Cc1ccc(N3CCCC3)cc1)CCO2)c1ccccn1. The fraction of sp³-hybridized carbons (Fsp3) is 0.346. The van der Waals surface area contributed by atoms with Gasteiger partial charge < -0.3 is 14.7 Å². The van der Waals surface area contributed by atoms with E-state index in [9.17, 15) is 5.11 Å². The summed E-state index contributed by atoms with van der Waals surface area (Å²) in [4.78, 5) is 9.17. The number of hydrogen-bond donors (Lipinski definition) is 1. The molecule has 0 bridgehead atoms. The van der Waals surface area contributed by atoms with Gasteiger partial charge in [-0.15, -0.1) is 0 Å². The van der Waals surface area contributed by atoms with Crippen molar-refractivity contribution in [3.63, 3.8) is 0 Å². The van der Waals surface area contributed by atoms with Crippen molar-refractivity contribution in [3.05, 3.63) is 89.2 Å². The molecule has 0 aliphatic carbocycles. The number of aliphatic hydroxyl groups excluding tert-OH is 1. The van der Waals surface area contributed by atoms with E-state index < -0.39 is 6.10 Å². The van der Waals surface area contributed by atoms with Crippen LogP contribution in [0.4, 0.5) is 5.69 Å². The van der Waals surface area contributed by atoms with Crippen molar-refractivity contribution in [3.8, 4) is 5.75 Å². The predicted octanol–water partition coefficient (Wildman–Crippen LogP) is 4.16. The van der Waals surface area contributed by atoms with Crippen molar-refractivity contribution in [2.45, 2.75) is 32.0 Å². The van der Waals surface area contributed by atoms with Crippen LogP contribution in [0.3, 0.4) is 0 Å². The van der Waals surface area contributed by atoms with Gasteiger partial charge in [-0.25, -0.2) is 0 Å². The minimum absolute atomic E-state index is 0.659. The molecule has 160 valence electrons. The summed E-state index contributed by atoms with van der Waals surface area (Å²) in [5, 5.41) is 10.8. The molecule has 3 aromatic rings. The molecule has 0 amide bonds. The van der Waals surface area contributed by atoms with Crippen LogP contribution >= 0.6 is 0 Å². The van der Waals surface area contributed by atoms with Crippen LogP contribution in [0.15, 0.2) is 66.9 Å². The third-order valence-electron chi connectivity index (χ3n) is 6.24. The van der Waals surface area contributed by atoms with Crippen LogP contribution in [0.2, 0.25) is 0 Å². The Kier molecular flexibility index (Phi) is 5.87. The smallest absolute Gasteiger partial charge is 0.123 e. The van der Waals surface area contributed by atoms with Crippen LogP contribution in [-0.4, -0.2) is 41.2 Å². The summed E-state index contributed by atoms with van der Waals surface area (Å²) in [6.45, 7) is 5.57. The second-order valence-electron chi connectivity index (χ2n) is 8.44. The molecule has 0 unspecified atom stereocenters. The molecule has 2 aliphatic rings. The number of fused-ring (bicyclic) bond motifs is 1. The lowest BCUT2D eigenvalue weighted by molar-refractivity contribution is 0.214. The number of pyridine rings is 1. The zero-order valence-electron chi connectivity index (χ0n) is 17.8. The zero-order chi connectivity index (χ0) is 21.0. The minimum atomic E-state index is -0.735. The first-order valence-electron chi connectivity index (χ1n) is 11.2. The lowest BCUT2D eigenvalue weighted by Crippen LogP contribution is -2.25. The zero-order valence-corrected chi connectivity index (χ0v) is 17.8. The highest BCUT2D eigenvalue weighted by atomic mass is 16.5. The van der Waals surface area contributed by atoms with Crippen molar-refractivity contribution < 1.29 is 9.84 Å². The highest BCUT2D eigenvalue weighted by Gasteiger charge is 2.19. The second kappa shape index (κ2) is 9.08. The first-order valence-corrected chi connectivity index (χ1v) is 11.2. The van der Waals surface area contributed by atoms with Crippen LogP contribution < -0.4 is 9.64 Å². The average molecular weight is 416 g/mol. The van der Waals surface area contributed by atoms with Gasteiger partial charge in [0.25, 0.3) is 0 Å². The van der Waals surface area contributed by atoms with E-state index in [0.29, 0.717) is 12.3 Å². The van der Waals surface area contributed by atoms with Crippen molar-refractivity contribution in [1.82, 2.24) is 9.88 Å². The maximum atomic E-state index is 10.8. The lowest BCUT2D eigenvalue weighted by Gasteiger charge is -2.21. The van der Waals surface area contributed by atoms with E-state index in [1.165, 1.54) is 37.2 Å². The number of benzene rings is 2. The molecule has 1 N–H and O–H groups in total. The molecule has 0 radical (unpaired) electrons. The molecule has 2 aromatic carbocycles. The number of aromatic nitrogens is 1. The second-order valence-corrected chi connectivity index (χ2v) is 8.44. The summed E-state index contributed by atoms with van der Waals surface area (Å²) in [6, 6.07) is 20.6. The Morgan fingerprint density at radius 2 is 1.81 bits per heavy atom. The largest absolute Gasteiger partial charge is 0.492 e. The Balaban J connectivity index is 1.30. The fourth-order valence-corrected chi connectivity index (χ4v) is 4.53. The molecule has 2 aliphatic heterocycles. The summed E-state index contributed by atoms with van der Waals surface area (Å²) >= 11 is 0. The molecule has 1 saturated heterocycles. The number of hydrogen-bond acceptors (Lipinski definition) is 5. The van der Waals surface area contributed by atoms with E-state index in [0.717, 1.165) is 36.5 Å². The van der Waals surface area contributed by atoms with Crippen LogP contribution in [-0.2, 0) is 13.1 Å². The summed E-state index contributed by atoms with van der Waals surface area (Å²) in [6.07, 6.45) is 3.57. The Labute approximate surface area is 183 Å². The topological polar surface area (TPSA) is 48.8 Å². The average Bonchev–Trinajstić information content (AvgIpc) is 3.28. The third-order valence-corrected chi connectivity index (χ3v) is 6.24. The van der Waals surface area contributed by atoms with E-state index in [1.54, 1.807) is 6.20 Å². The Bertz CT molecular complexity index is 1000. The number of rotatable bonds is 5. The first kappa shape index (κ1) is 20.0. The summed E-state index contributed by atoms with van der Waals surface area (Å²) < 4.78 is 6.00. The van der Waals surface area contributed by atoms with Gasteiger partial charge in [-0.1, -0.05) is 24.3 Å². The molecule has 31 heavy (non-hydrogen) atoms. The van der Waals surface area contributed by atoms with Crippen molar-refractivity contribution in [2.24, 2.45) is 0 Å². The summed E-state index contributed by atoms with van der Waals surface area (Å²) in [7, 11) is 0. The highest BCUT2D eigenvalue weighted by Crippen LogP contribution is 2.29. The predicted molar refractivity (Wildman–Crippen MR) is 122 cm³/mol. The van der Waals surface area contributed by atoms with Crippen molar-refractivity contribution in [2.75, 3.05) is 31.1 Å². The monoisotopic (exact) mass is 415 g/mol. The highest BCUT2D eigenvalue weighted by molar-refractivity contribution is 5.48. The number of anilines is 1. The molecule has 1 atom stereocenters.